The summed E-state index contributed by atoms with van der Waals surface area (Å²) in [5.41, 5.74) is 1.11. The molecule has 0 saturated carbocycles. The number of hydrogen-bond donors (Lipinski definition) is 1. The molecule has 0 fully saturated rings. The van der Waals surface area contributed by atoms with E-state index in [1.807, 2.05) is 19.1 Å². The number of halogens is 1. The van der Waals surface area contributed by atoms with E-state index in [4.69, 9.17) is 4.74 Å². The zero-order chi connectivity index (χ0) is 13.7. The summed E-state index contributed by atoms with van der Waals surface area (Å²) in [6.45, 7) is 8.46. The van der Waals surface area contributed by atoms with Crippen LogP contribution in [0.3, 0.4) is 0 Å². The fourth-order valence-corrected chi connectivity index (χ4v) is 1.97. The van der Waals surface area contributed by atoms with Gasteiger partial charge in [0.05, 0.1) is 6.10 Å². The molecule has 102 valence electrons. The normalized spacial score (nSPS) is 16.6. The molecular formula is C15H24FNO. The summed E-state index contributed by atoms with van der Waals surface area (Å²) in [6, 6.07) is 7.16. The molecule has 3 heteroatoms. The topological polar surface area (TPSA) is 21.3 Å². The lowest BCUT2D eigenvalue weighted by Crippen LogP contribution is -2.40. The minimum atomic E-state index is -0.195. The highest BCUT2D eigenvalue weighted by atomic mass is 19.1. The van der Waals surface area contributed by atoms with Crippen LogP contribution in [0.25, 0.3) is 0 Å². The average Bonchev–Trinajstić information content (AvgIpc) is 2.35. The van der Waals surface area contributed by atoms with Gasteiger partial charge in [-0.05, 0) is 37.5 Å². The van der Waals surface area contributed by atoms with Gasteiger partial charge < -0.3 is 10.1 Å². The van der Waals surface area contributed by atoms with E-state index < -0.39 is 0 Å². The van der Waals surface area contributed by atoms with E-state index in [-0.39, 0.29) is 24.0 Å². The van der Waals surface area contributed by atoms with Crippen LogP contribution in [0.15, 0.2) is 24.3 Å². The van der Waals surface area contributed by atoms with Crippen LogP contribution in [0.5, 0.6) is 0 Å². The van der Waals surface area contributed by atoms with Crippen molar-refractivity contribution in [2.24, 2.45) is 5.92 Å². The van der Waals surface area contributed by atoms with Crippen LogP contribution >= 0.6 is 0 Å². The summed E-state index contributed by atoms with van der Waals surface area (Å²) in [4.78, 5) is 0. The van der Waals surface area contributed by atoms with Gasteiger partial charge in [-0.1, -0.05) is 26.0 Å². The zero-order valence-electron chi connectivity index (χ0n) is 11.9. The summed E-state index contributed by atoms with van der Waals surface area (Å²) >= 11 is 0. The first-order chi connectivity index (χ1) is 8.45. The van der Waals surface area contributed by atoms with Crippen molar-refractivity contribution in [2.75, 3.05) is 7.11 Å². The molecule has 0 aliphatic carbocycles. The minimum absolute atomic E-state index is 0.145. The third kappa shape index (κ3) is 4.07. The van der Waals surface area contributed by atoms with E-state index in [0.29, 0.717) is 5.92 Å². The SMILES string of the molecule is COC(C)C(C)NC(c1ccc(F)cc1)C(C)C. The van der Waals surface area contributed by atoms with E-state index in [9.17, 15) is 4.39 Å². The molecule has 2 nitrogen and oxygen atoms in total. The lowest BCUT2D eigenvalue weighted by atomic mass is 9.94. The summed E-state index contributed by atoms with van der Waals surface area (Å²) in [5, 5.41) is 3.56. The standard InChI is InChI=1S/C15H24FNO/c1-10(2)15(17-11(3)12(4)18-5)13-6-8-14(16)9-7-13/h6-12,15,17H,1-5H3. The van der Waals surface area contributed by atoms with Crippen LogP contribution in [0, 0.1) is 11.7 Å². The van der Waals surface area contributed by atoms with Gasteiger partial charge in [0.2, 0.25) is 0 Å². The maximum atomic E-state index is 13.0. The summed E-state index contributed by atoms with van der Waals surface area (Å²) < 4.78 is 18.3. The molecule has 0 radical (unpaired) electrons. The van der Waals surface area contributed by atoms with Gasteiger partial charge in [0.25, 0.3) is 0 Å². The van der Waals surface area contributed by atoms with Gasteiger partial charge in [0.1, 0.15) is 5.82 Å². The van der Waals surface area contributed by atoms with Crippen molar-refractivity contribution in [3.05, 3.63) is 35.6 Å². The van der Waals surface area contributed by atoms with E-state index in [1.54, 1.807) is 7.11 Å². The van der Waals surface area contributed by atoms with Crippen molar-refractivity contribution >= 4 is 0 Å². The zero-order valence-corrected chi connectivity index (χ0v) is 11.9. The number of hydrogen-bond acceptors (Lipinski definition) is 2. The van der Waals surface area contributed by atoms with Crippen LogP contribution in [0.4, 0.5) is 4.39 Å². The maximum Gasteiger partial charge on any atom is 0.123 e. The molecular weight excluding hydrogens is 229 g/mol. The Morgan fingerprint density at radius 1 is 1.06 bits per heavy atom. The molecule has 0 saturated heterocycles. The lowest BCUT2D eigenvalue weighted by Gasteiger charge is -2.29. The molecule has 0 spiro atoms. The molecule has 1 rings (SSSR count). The second-order valence-corrected chi connectivity index (χ2v) is 5.17. The molecule has 0 bridgehead atoms. The Kier molecular flexibility index (Phi) is 5.76. The van der Waals surface area contributed by atoms with E-state index in [0.717, 1.165) is 5.56 Å². The lowest BCUT2D eigenvalue weighted by molar-refractivity contribution is 0.0816. The molecule has 0 amide bonds. The monoisotopic (exact) mass is 253 g/mol. The second-order valence-electron chi connectivity index (χ2n) is 5.17. The number of ether oxygens (including phenoxy) is 1. The molecule has 3 atom stereocenters. The first-order valence-corrected chi connectivity index (χ1v) is 6.50. The molecule has 0 heterocycles. The van der Waals surface area contributed by atoms with E-state index >= 15 is 0 Å². The molecule has 1 N–H and O–H groups in total. The molecule has 3 unspecified atom stereocenters. The third-order valence-corrected chi connectivity index (χ3v) is 3.41. The van der Waals surface area contributed by atoms with Crippen LogP contribution in [-0.2, 0) is 4.74 Å². The van der Waals surface area contributed by atoms with Gasteiger partial charge in [0, 0.05) is 19.2 Å². The molecule has 1 aromatic carbocycles. The Bertz CT molecular complexity index is 350. The van der Waals surface area contributed by atoms with E-state index in [2.05, 4.69) is 26.1 Å². The van der Waals surface area contributed by atoms with Gasteiger partial charge in [-0.25, -0.2) is 4.39 Å². The van der Waals surface area contributed by atoms with Gasteiger partial charge >= 0.3 is 0 Å². The second kappa shape index (κ2) is 6.86. The van der Waals surface area contributed by atoms with Crippen molar-refractivity contribution in [2.45, 2.75) is 45.9 Å². The van der Waals surface area contributed by atoms with Crippen LogP contribution in [0.2, 0.25) is 0 Å². The van der Waals surface area contributed by atoms with Crippen molar-refractivity contribution < 1.29 is 9.13 Å². The highest BCUT2D eigenvalue weighted by molar-refractivity contribution is 5.20. The highest BCUT2D eigenvalue weighted by Gasteiger charge is 2.20. The van der Waals surface area contributed by atoms with Gasteiger partial charge in [-0.2, -0.15) is 0 Å². The largest absolute Gasteiger partial charge is 0.380 e. The Hall–Kier alpha value is -0.930. The fraction of sp³-hybridized carbons (Fsp3) is 0.600. The van der Waals surface area contributed by atoms with E-state index in [1.165, 1.54) is 12.1 Å². The smallest absolute Gasteiger partial charge is 0.123 e. The Morgan fingerprint density at radius 2 is 1.61 bits per heavy atom. The van der Waals surface area contributed by atoms with Gasteiger partial charge in [0.15, 0.2) is 0 Å². The Labute approximate surface area is 110 Å². The van der Waals surface area contributed by atoms with Crippen LogP contribution in [0.1, 0.15) is 39.3 Å². The quantitative estimate of drug-likeness (QED) is 0.837. The van der Waals surface area contributed by atoms with Crippen molar-refractivity contribution in [1.82, 2.24) is 5.32 Å². The fourth-order valence-electron chi connectivity index (χ4n) is 1.97. The van der Waals surface area contributed by atoms with Crippen molar-refractivity contribution in [3.63, 3.8) is 0 Å². The number of benzene rings is 1. The number of rotatable bonds is 6. The Morgan fingerprint density at radius 3 is 2.06 bits per heavy atom. The van der Waals surface area contributed by atoms with Crippen molar-refractivity contribution in [3.8, 4) is 0 Å². The minimum Gasteiger partial charge on any atom is -0.380 e. The van der Waals surface area contributed by atoms with Crippen LogP contribution < -0.4 is 5.32 Å². The predicted molar refractivity (Wildman–Crippen MR) is 73.0 cm³/mol. The Balaban J connectivity index is 2.80. The van der Waals surface area contributed by atoms with Crippen LogP contribution in [-0.4, -0.2) is 19.3 Å². The summed E-state index contributed by atoms with van der Waals surface area (Å²) in [6.07, 6.45) is 0.145. The highest BCUT2D eigenvalue weighted by Crippen LogP contribution is 2.23. The number of nitrogens with one attached hydrogen (secondary N) is 1. The first kappa shape index (κ1) is 15.1. The molecule has 1 aromatic rings. The molecule has 0 aliphatic rings. The van der Waals surface area contributed by atoms with Crippen molar-refractivity contribution in [1.29, 1.82) is 0 Å². The number of methoxy groups -OCH3 is 1. The van der Waals surface area contributed by atoms with Gasteiger partial charge in [-0.3, -0.25) is 0 Å². The molecule has 0 aliphatic heterocycles. The average molecular weight is 253 g/mol. The summed E-state index contributed by atoms with van der Waals surface area (Å²) in [5.74, 6) is 0.238. The maximum absolute atomic E-state index is 13.0. The van der Waals surface area contributed by atoms with Gasteiger partial charge in [-0.15, -0.1) is 0 Å². The molecule has 0 aromatic heterocycles. The first-order valence-electron chi connectivity index (χ1n) is 6.50. The summed E-state index contributed by atoms with van der Waals surface area (Å²) in [7, 11) is 1.71. The predicted octanol–water partition coefficient (Wildman–Crippen LogP) is 3.54. The molecule has 18 heavy (non-hydrogen) atoms. The third-order valence-electron chi connectivity index (χ3n) is 3.41.